The molecule has 2 N–H and O–H groups in total. The Labute approximate surface area is 117 Å². The summed E-state index contributed by atoms with van der Waals surface area (Å²) >= 11 is 0. The molecule has 1 fully saturated rings. The largest absolute Gasteiger partial charge is 0.418 e. The third kappa shape index (κ3) is 3.66. The Morgan fingerprint density at radius 3 is 2.40 bits per heavy atom. The fourth-order valence-corrected chi connectivity index (χ4v) is 2.68. The SMILES string of the molecule is NCCCc1ccc(N2CCCCC2)c(C(F)(F)F)c1. The maximum atomic E-state index is 13.3. The molecule has 1 aliphatic rings. The van der Waals surface area contributed by atoms with E-state index in [-0.39, 0.29) is 0 Å². The second-order valence-corrected chi connectivity index (χ2v) is 5.29. The number of aryl methyl sites for hydroxylation is 1. The highest BCUT2D eigenvalue weighted by Crippen LogP contribution is 2.38. The Morgan fingerprint density at radius 1 is 1.10 bits per heavy atom. The summed E-state index contributed by atoms with van der Waals surface area (Å²) in [5.74, 6) is 0. The van der Waals surface area contributed by atoms with Gasteiger partial charge in [0.15, 0.2) is 0 Å². The normalized spacial score (nSPS) is 16.5. The van der Waals surface area contributed by atoms with Crippen LogP contribution in [-0.4, -0.2) is 19.6 Å². The van der Waals surface area contributed by atoms with E-state index in [1.54, 1.807) is 12.1 Å². The molecule has 1 heterocycles. The van der Waals surface area contributed by atoms with Crippen molar-refractivity contribution in [3.8, 4) is 0 Å². The lowest BCUT2D eigenvalue weighted by Crippen LogP contribution is -2.31. The maximum Gasteiger partial charge on any atom is 0.418 e. The minimum Gasteiger partial charge on any atom is -0.371 e. The minimum absolute atomic E-state index is 0.327. The van der Waals surface area contributed by atoms with E-state index >= 15 is 0 Å². The van der Waals surface area contributed by atoms with E-state index in [9.17, 15) is 13.2 Å². The van der Waals surface area contributed by atoms with Crippen LogP contribution in [0.15, 0.2) is 18.2 Å². The highest BCUT2D eigenvalue weighted by Gasteiger charge is 2.35. The van der Waals surface area contributed by atoms with Gasteiger partial charge in [-0.15, -0.1) is 0 Å². The van der Waals surface area contributed by atoms with Gasteiger partial charge in [-0.1, -0.05) is 6.07 Å². The van der Waals surface area contributed by atoms with Gasteiger partial charge in [-0.2, -0.15) is 13.2 Å². The van der Waals surface area contributed by atoms with Gasteiger partial charge in [-0.3, -0.25) is 0 Å². The first-order valence-corrected chi connectivity index (χ1v) is 7.17. The number of benzene rings is 1. The molecule has 0 bridgehead atoms. The first-order valence-electron chi connectivity index (χ1n) is 7.17. The summed E-state index contributed by atoms with van der Waals surface area (Å²) in [7, 11) is 0. The third-order valence-corrected chi connectivity index (χ3v) is 3.73. The fraction of sp³-hybridized carbons (Fsp3) is 0.600. The van der Waals surface area contributed by atoms with Crippen molar-refractivity contribution in [2.45, 2.75) is 38.3 Å². The zero-order valence-electron chi connectivity index (χ0n) is 11.5. The van der Waals surface area contributed by atoms with E-state index in [4.69, 9.17) is 5.73 Å². The number of nitrogens with zero attached hydrogens (tertiary/aromatic N) is 1. The molecular formula is C15H21F3N2. The number of hydrogen-bond acceptors (Lipinski definition) is 2. The lowest BCUT2D eigenvalue weighted by Gasteiger charge is -2.31. The van der Waals surface area contributed by atoms with Crippen molar-refractivity contribution in [3.63, 3.8) is 0 Å². The van der Waals surface area contributed by atoms with E-state index in [1.165, 1.54) is 6.07 Å². The van der Waals surface area contributed by atoms with Gasteiger partial charge in [0.05, 0.1) is 5.56 Å². The average Bonchev–Trinajstić information content (AvgIpc) is 2.45. The topological polar surface area (TPSA) is 29.3 Å². The second-order valence-electron chi connectivity index (χ2n) is 5.29. The van der Waals surface area contributed by atoms with Gasteiger partial charge in [-0.25, -0.2) is 0 Å². The van der Waals surface area contributed by atoms with Gasteiger partial charge < -0.3 is 10.6 Å². The van der Waals surface area contributed by atoms with Crippen LogP contribution >= 0.6 is 0 Å². The average molecular weight is 286 g/mol. The predicted octanol–water partition coefficient (Wildman–Crippen LogP) is 3.59. The molecule has 1 aliphatic heterocycles. The van der Waals surface area contributed by atoms with Crippen LogP contribution in [0, 0.1) is 0 Å². The van der Waals surface area contributed by atoms with E-state index in [2.05, 4.69) is 0 Å². The number of piperidine rings is 1. The van der Waals surface area contributed by atoms with E-state index in [0.717, 1.165) is 19.3 Å². The molecule has 0 radical (unpaired) electrons. The maximum absolute atomic E-state index is 13.3. The Morgan fingerprint density at radius 2 is 1.80 bits per heavy atom. The number of nitrogens with two attached hydrogens (primary N) is 1. The van der Waals surface area contributed by atoms with Crippen LogP contribution < -0.4 is 10.6 Å². The number of anilines is 1. The Balaban J connectivity index is 2.30. The molecular weight excluding hydrogens is 265 g/mol. The van der Waals surface area contributed by atoms with Crippen LogP contribution in [0.5, 0.6) is 0 Å². The van der Waals surface area contributed by atoms with E-state index < -0.39 is 11.7 Å². The van der Waals surface area contributed by atoms with Crippen LogP contribution in [0.4, 0.5) is 18.9 Å². The summed E-state index contributed by atoms with van der Waals surface area (Å²) < 4.78 is 39.8. The summed E-state index contributed by atoms with van der Waals surface area (Å²) in [6.07, 6.45) is 0.0383. The first-order chi connectivity index (χ1) is 9.52. The smallest absolute Gasteiger partial charge is 0.371 e. The van der Waals surface area contributed by atoms with Crippen molar-refractivity contribution in [1.82, 2.24) is 0 Å². The van der Waals surface area contributed by atoms with Crippen LogP contribution in [0.2, 0.25) is 0 Å². The Hall–Kier alpha value is -1.23. The monoisotopic (exact) mass is 286 g/mol. The summed E-state index contributed by atoms with van der Waals surface area (Å²) in [5.41, 5.74) is 5.95. The number of hydrogen-bond donors (Lipinski definition) is 1. The molecule has 0 saturated carbocycles. The molecule has 0 amide bonds. The van der Waals surface area contributed by atoms with Crippen molar-refractivity contribution in [2.75, 3.05) is 24.5 Å². The zero-order valence-corrected chi connectivity index (χ0v) is 11.5. The quantitative estimate of drug-likeness (QED) is 0.916. The van der Waals surface area contributed by atoms with Crippen molar-refractivity contribution < 1.29 is 13.2 Å². The van der Waals surface area contributed by atoms with E-state index in [0.29, 0.717) is 43.7 Å². The summed E-state index contributed by atoms with van der Waals surface area (Å²) in [6.45, 7) is 1.92. The van der Waals surface area contributed by atoms with Gasteiger partial charge in [0.25, 0.3) is 0 Å². The van der Waals surface area contributed by atoms with E-state index in [1.807, 2.05) is 4.90 Å². The van der Waals surface area contributed by atoms with Crippen LogP contribution in [0.1, 0.15) is 36.8 Å². The van der Waals surface area contributed by atoms with Crippen LogP contribution in [-0.2, 0) is 12.6 Å². The Kier molecular flexibility index (Phi) is 4.91. The standard InChI is InChI=1S/C15H21F3N2/c16-15(17,18)13-11-12(5-4-8-19)6-7-14(13)20-9-2-1-3-10-20/h6-7,11H,1-5,8-10,19H2. The van der Waals surface area contributed by atoms with Crippen molar-refractivity contribution in [1.29, 1.82) is 0 Å². The third-order valence-electron chi connectivity index (χ3n) is 3.73. The van der Waals surface area contributed by atoms with Gasteiger partial charge in [0.2, 0.25) is 0 Å². The van der Waals surface area contributed by atoms with Gasteiger partial charge in [0, 0.05) is 18.8 Å². The first kappa shape index (κ1) is 15.2. The summed E-state index contributed by atoms with van der Waals surface area (Å²) in [6, 6.07) is 4.72. The lowest BCUT2D eigenvalue weighted by molar-refractivity contribution is -0.137. The van der Waals surface area contributed by atoms with Crippen molar-refractivity contribution in [2.24, 2.45) is 5.73 Å². The van der Waals surface area contributed by atoms with Crippen molar-refractivity contribution >= 4 is 5.69 Å². The molecule has 0 atom stereocenters. The molecule has 0 aromatic heterocycles. The van der Waals surface area contributed by atoms with Gasteiger partial charge in [0.1, 0.15) is 0 Å². The molecule has 20 heavy (non-hydrogen) atoms. The summed E-state index contributed by atoms with van der Waals surface area (Å²) in [4.78, 5) is 1.86. The number of halogens is 3. The molecule has 1 saturated heterocycles. The molecule has 0 spiro atoms. The predicted molar refractivity (Wildman–Crippen MR) is 74.9 cm³/mol. The Bertz CT molecular complexity index is 437. The van der Waals surface area contributed by atoms with Gasteiger partial charge >= 0.3 is 6.18 Å². The van der Waals surface area contributed by atoms with Crippen LogP contribution in [0.25, 0.3) is 0 Å². The molecule has 5 heteroatoms. The summed E-state index contributed by atoms with van der Waals surface area (Å²) in [5, 5.41) is 0. The lowest BCUT2D eigenvalue weighted by atomic mass is 10.0. The van der Waals surface area contributed by atoms with Crippen molar-refractivity contribution in [3.05, 3.63) is 29.3 Å². The van der Waals surface area contributed by atoms with Crippen LogP contribution in [0.3, 0.4) is 0 Å². The fourth-order valence-electron chi connectivity index (χ4n) is 2.68. The number of rotatable bonds is 4. The number of alkyl halides is 3. The minimum atomic E-state index is -4.30. The second kappa shape index (κ2) is 6.48. The van der Waals surface area contributed by atoms with Gasteiger partial charge in [-0.05, 0) is 56.3 Å². The highest BCUT2D eigenvalue weighted by atomic mass is 19.4. The molecule has 0 unspecified atom stereocenters. The highest BCUT2D eigenvalue weighted by molar-refractivity contribution is 5.56. The zero-order chi connectivity index (χ0) is 14.6. The molecule has 2 rings (SSSR count). The molecule has 2 nitrogen and oxygen atoms in total. The molecule has 1 aromatic rings. The molecule has 1 aromatic carbocycles. The molecule has 0 aliphatic carbocycles. The molecule has 112 valence electrons.